The van der Waals surface area contributed by atoms with Crippen molar-refractivity contribution in [1.29, 1.82) is 0 Å². The average Bonchev–Trinajstić information content (AvgIpc) is 2.97. The Kier molecular flexibility index (Phi) is 5.33. The number of rotatable bonds is 4. The molecule has 0 spiro atoms. The number of imide groups is 1. The third kappa shape index (κ3) is 3.82. The minimum absolute atomic E-state index is 0.0310. The van der Waals surface area contributed by atoms with Crippen molar-refractivity contribution in [3.8, 4) is 0 Å². The van der Waals surface area contributed by atoms with E-state index in [0.29, 0.717) is 16.3 Å². The van der Waals surface area contributed by atoms with Crippen molar-refractivity contribution in [3.63, 3.8) is 0 Å². The molecular formula is C24H17ClF2N2O2. The molecule has 1 aliphatic heterocycles. The SMILES string of the molecule is Cc1ccc(N2C(=O)C(Nc3ccc(F)c(F)c3)=C(c3ccc(Cl)cc3)C2=O)cc1C. The number of amides is 2. The van der Waals surface area contributed by atoms with E-state index in [0.717, 1.165) is 28.2 Å². The lowest BCUT2D eigenvalue weighted by Crippen LogP contribution is -2.32. The molecular weight excluding hydrogens is 422 g/mol. The van der Waals surface area contributed by atoms with Gasteiger partial charge in [0, 0.05) is 16.8 Å². The highest BCUT2D eigenvalue weighted by Crippen LogP contribution is 2.35. The Morgan fingerprint density at radius 3 is 2.16 bits per heavy atom. The van der Waals surface area contributed by atoms with Crippen molar-refractivity contribution in [2.75, 3.05) is 10.2 Å². The number of aryl methyl sites for hydroxylation is 2. The number of nitrogens with one attached hydrogen (secondary N) is 1. The topological polar surface area (TPSA) is 49.4 Å². The van der Waals surface area contributed by atoms with Crippen LogP contribution >= 0.6 is 11.6 Å². The maximum atomic E-state index is 13.7. The van der Waals surface area contributed by atoms with Gasteiger partial charge in [-0.1, -0.05) is 29.8 Å². The Hall–Kier alpha value is -3.51. The van der Waals surface area contributed by atoms with E-state index in [1.54, 1.807) is 36.4 Å². The quantitative estimate of drug-likeness (QED) is 0.537. The second-order valence-electron chi connectivity index (χ2n) is 7.23. The summed E-state index contributed by atoms with van der Waals surface area (Å²) in [5, 5.41) is 3.28. The highest BCUT2D eigenvalue weighted by molar-refractivity contribution is 6.46. The van der Waals surface area contributed by atoms with Crippen LogP contribution in [0.25, 0.3) is 5.57 Å². The lowest BCUT2D eigenvalue weighted by molar-refractivity contribution is -0.120. The van der Waals surface area contributed by atoms with Crippen molar-refractivity contribution < 1.29 is 18.4 Å². The monoisotopic (exact) mass is 438 g/mol. The van der Waals surface area contributed by atoms with Gasteiger partial charge in [-0.2, -0.15) is 0 Å². The number of nitrogens with zero attached hydrogens (tertiary/aromatic N) is 1. The predicted molar refractivity (Wildman–Crippen MR) is 117 cm³/mol. The standard InChI is InChI=1S/C24H17ClF2N2O2/c1-13-3-9-18(11-14(13)2)29-23(30)21(15-4-6-16(25)7-5-15)22(24(29)31)28-17-8-10-19(26)20(27)12-17/h3-12,28H,1-2H3. The van der Waals surface area contributed by atoms with E-state index in [4.69, 9.17) is 11.6 Å². The van der Waals surface area contributed by atoms with Crippen LogP contribution in [0.2, 0.25) is 5.02 Å². The van der Waals surface area contributed by atoms with Crippen LogP contribution in [0.1, 0.15) is 16.7 Å². The van der Waals surface area contributed by atoms with E-state index in [2.05, 4.69) is 5.32 Å². The zero-order valence-corrected chi connectivity index (χ0v) is 17.4. The molecule has 0 atom stereocenters. The van der Waals surface area contributed by atoms with Crippen LogP contribution in [0.4, 0.5) is 20.2 Å². The molecule has 0 radical (unpaired) electrons. The summed E-state index contributed by atoms with van der Waals surface area (Å²) in [7, 11) is 0. The van der Waals surface area contributed by atoms with Gasteiger partial charge < -0.3 is 5.32 Å². The maximum absolute atomic E-state index is 13.7. The van der Waals surface area contributed by atoms with E-state index in [1.165, 1.54) is 6.07 Å². The molecule has 3 aromatic rings. The molecule has 7 heteroatoms. The zero-order valence-electron chi connectivity index (χ0n) is 16.7. The molecule has 0 bridgehead atoms. The Bertz CT molecular complexity index is 1250. The van der Waals surface area contributed by atoms with Crippen LogP contribution in [-0.4, -0.2) is 11.8 Å². The van der Waals surface area contributed by atoms with Gasteiger partial charge in [0.25, 0.3) is 11.8 Å². The van der Waals surface area contributed by atoms with Gasteiger partial charge in [-0.25, -0.2) is 13.7 Å². The lowest BCUT2D eigenvalue weighted by atomic mass is 10.0. The number of halogens is 3. The molecule has 2 amide bonds. The Morgan fingerprint density at radius 1 is 0.806 bits per heavy atom. The first-order valence-electron chi connectivity index (χ1n) is 9.44. The first-order valence-corrected chi connectivity index (χ1v) is 9.82. The molecule has 31 heavy (non-hydrogen) atoms. The van der Waals surface area contributed by atoms with Gasteiger partial charge in [0.05, 0.1) is 11.3 Å². The van der Waals surface area contributed by atoms with E-state index >= 15 is 0 Å². The Balaban J connectivity index is 1.83. The van der Waals surface area contributed by atoms with Crippen LogP contribution in [0.15, 0.2) is 66.4 Å². The van der Waals surface area contributed by atoms with Gasteiger partial charge in [-0.15, -0.1) is 0 Å². The highest BCUT2D eigenvalue weighted by Gasteiger charge is 2.40. The number of anilines is 2. The van der Waals surface area contributed by atoms with E-state index < -0.39 is 23.4 Å². The molecule has 3 aromatic carbocycles. The Labute approximate surface area is 182 Å². The largest absolute Gasteiger partial charge is 0.350 e. The summed E-state index contributed by atoms with van der Waals surface area (Å²) in [5.74, 6) is -3.20. The average molecular weight is 439 g/mol. The summed E-state index contributed by atoms with van der Waals surface area (Å²) in [5.41, 5.74) is 3.07. The minimum Gasteiger partial charge on any atom is -0.350 e. The number of carbonyl (C=O) groups is 2. The van der Waals surface area contributed by atoms with E-state index in [9.17, 15) is 18.4 Å². The molecule has 156 valence electrons. The van der Waals surface area contributed by atoms with Crippen LogP contribution < -0.4 is 10.2 Å². The minimum atomic E-state index is -1.07. The number of carbonyl (C=O) groups excluding carboxylic acids is 2. The van der Waals surface area contributed by atoms with Crippen LogP contribution in [0.3, 0.4) is 0 Å². The molecule has 4 nitrogen and oxygen atoms in total. The molecule has 0 saturated carbocycles. The smallest absolute Gasteiger partial charge is 0.282 e. The van der Waals surface area contributed by atoms with Crippen molar-refractivity contribution in [2.24, 2.45) is 0 Å². The summed E-state index contributed by atoms with van der Waals surface area (Å²) in [6.45, 7) is 3.82. The van der Waals surface area contributed by atoms with Crippen LogP contribution in [0.5, 0.6) is 0 Å². The normalized spacial score (nSPS) is 13.9. The molecule has 0 fully saturated rings. The second kappa shape index (κ2) is 7.96. The fourth-order valence-corrected chi connectivity index (χ4v) is 3.47. The maximum Gasteiger partial charge on any atom is 0.282 e. The predicted octanol–water partition coefficient (Wildman–Crippen LogP) is 5.63. The molecule has 1 N–H and O–H groups in total. The number of hydrogen-bond acceptors (Lipinski definition) is 3. The Morgan fingerprint density at radius 2 is 1.52 bits per heavy atom. The van der Waals surface area contributed by atoms with Gasteiger partial charge in [0.2, 0.25) is 0 Å². The van der Waals surface area contributed by atoms with Crippen LogP contribution in [-0.2, 0) is 9.59 Å². The third-order valence-corrected chi connectivity index (χ3v) is 5.41. The first-order chi connectivity index (χ1) is 14.8. The van der Waals surface area contributed by atoms with Gasteiger partial charge >= 0.3 is 0 Å². The summed E-state index contributed by atoms with van der Waals surface area (Å²) in [6.07, 6.45) is 0. The second-order valence-corrected chi connectivity index (χ2v) is 7.66. The molecule has 0 aliphatic carbocycles. The molecule has 1 aliphatic rings. The number of hydrogen-bond donors (Lipinski definition) is 1. The van der Waals surface area contributed by atoms with Crippen LogP contribution in [0, 0.1) is 25.5 Å². The highest BCUT2D eigenvalue weighted by atomic mass is 35.5. The molecule has 0 saturated heterocycles. The van der Waals surface area contributed by atoms with Crippen molar-refractivity contribution in [2.45, 2.75) is 13.8 Å². The molecule has 0 unspecified atom stereocenters. The fourth-order valence-electron chi connectivity index (χ4n) is 3.35. The van der Waals surface area contributed by atoms with Gasteiger partial charge in [0.15, 0.2) is 11.6 Å². The third-order valence-electron chi connectivity index (χ3n) is 5.15. The van der Waals surface area contributed by atoms with Crippen molar-refractivity contribution >= 4 is 40.4 Å². The van der Waals surface area contributed by atoms with Crippen molar-refractivity contribution in [1.82, 2.24) is 0 Å². The van der Waals surface area contributed by atoms with E-state index in [-0.39, 0.29) is 17.0 Å². The molecule has 0 aromatic heterocycles. The molecule has 4 rings (SSSR count). The summed E-state index contributed by atoms with van der Waals surface area (Å²) in [6, 6.07) is 14.9. The summed E-state index contributed by atoms with van der Waals surface area (Å²) >= 11 is 5.97. The van der Waals surface area contributed by atoms with E-state index in [1.807, 2.05) is 19.9 Å². The van der Waals surface area contributed by atoms with Gasteiger partial charge in [-0.3, -0.25) is 9.59 Å². The molecule has 1 heterocycles. The zero-order chi connectivity index (χ0) is 22.3. The summed E-state index contributed by atoms with van der Waals surface area (Å²) < 4.78 is 27.0. The fraction of sp³-hybridized carbons (Fsp3) is 0.0833. The first kappa shape index (κ1) is 20.8. The lowest BCUT2D eigenvalue weighted by Gasteiger charge is -2.17. The summed E-state index contributed by atoms with van der Waals surface area (Å²) in [4.78, 5) is 27.7. The van der Waals surface area contributed by atoms with Gasteiger partial charge in [-0.05, 0) is 66.9 Å². The van der Waals surface area contributed by atoms with Crippen molar-refractivity contribution in [3.05, 3.63) is 99.7 Å². The van der Waals surface area contributed by atoms with Gasteiger partial charge in [0.1, 0.15) is 5.70 Å². The number of benzene rings is 3.